The van der Waals surface area contributed by atoms with E-state index in [1.54, 1.807) is 43.3 Å². The number of halogens is 1. The number of rotatable bonds is 4. The van der Waals surface area contributed by atoms with Crippen molar-refractivity contribution in [1.29, 1.82) is 0 Å². The van der Waals surface area contributed by atoms with E-state index in [0.717, 1.165) is 5.56 Å². The van der Waals surface area contributed by atoms with E-state index in [2.05, 4.69) is 4.99 Å². The van der Waals surface area contributed by atoms with Gasteiger partial charge in [0.2, 0.25) is 5.90 Å². The minimum absolute atomic E-state index is 0.00818. The summed E-state index contributed by atoms with van der Waals surface area (Å²) in [7, 11) is 0. The van der Waals surface area contributed by atoms with Crippen LogP contribution in [0, 0.1) is 17.0 Å². The molecule has 0 atom stereocenters. The van der Waals surface area contributed by atoms with Crippen molar-refractivity contribution in [2.45, 2.75) is 6.92 Å². The molecule has 29 heavy (non-hydrogen) atoms. The summed E-state index contributed by atoms with van der Waals surface area (Å²) in [6.07, 6.45) is 1.46. The van der Waals surface area contributed by atoms with Crippen LogP contribution in [0.15, 0.2) is 69.7 Å². The van der Waals surface area contributed by atoms with Crippen LogP contribution in [0.4, 0.5) is 5.69 Å². The van der Waals surface area contributed by atoms with Gasteiger partial charge in [0.15, 0.2) is 5.70 Å². The molecule has 0 radical (unpaired) electrons. The highest BCUT2D eigenvalue weighted by Crippen LogP contribution is 2.27. The predicted molar refractivity (Wildman–Crippen MR) is 108 cm³/mol. The molecule has 0 unspecified atom stereocenters. The zero-order valence-corrected chi connectivity index (χ0v) is 15.8. The smallest absolute Gasteiger partial charge is 0.363 e. The van der Waals surface area contributed by atoms with Crippen molar-refractivity contribution in [3.05, 3.63) is 92.3 Å². The molecule has 0 bridgehead atoms. The van der Waals surface area contributed by atoms with E-state index in [1.807, 2.05) is 12.1 Å². The Balaban J connectivity index is 1.63. The first-order chi connectivity index (χ1) is 13.9. The van der Waals surface area contributed by atoms with E-state index in [0.29, 0.717) is 27.7 Å². The molecule has 8 heteroatoms. The Bertz CT molecular complexity index is 1190. The van der Waals surface area contributed by atoms with Gasteiger partial charge >= 0.3 is 5.97 Å². The van der Waals surface area contributed by atoms with Crippen molar-refractivity contribution in [2.75, 3.05) is 0 Å². The molecule has 1 aliphatic heterocycles. The maximum absolute atomic E-state index is 12.2. The highest BCUT2D eigenvalue weighted by Gasteiger charge is 2.26. The summed E-state index contributed by atoms with van der Waals surface area (Å²) >= 11 is 5.89. The lowest BCUT2D eigenvalue weighted by atomic mass is 10.1. The molecular formula is C21H13ClN2O5. The second kappa shape index (κ2) is 7.37. The van der Waals surface area contributed by atoms with Crippen LogP contribution in [0.3, 0.4) is 0 Å². The van der Waals surface area contributed by atoms with Gasteiger partial charge in [-0.3, -0.25) is 10.1 Å². The van der Waals surface area contributed by atoms with Crippen molar-refractivity contribution < 1.29 is 18.9 Å². The van der Waals surface area contributed by atoms with E-state index in [9.17, 15) is 14.9 Å². The van der Waals surface area contributed by atoms with Gasteiger partial charge in [-0.05, 0) is 49.4 Å². The van der Waals surface area contributed by atoms with Crippen LogP contribution in [0.5, 0.6) is 0 Å². The van der Waals surface area contributed by atoms with E-state index in [-0.39, 0.29) is 17.3 Å². The Kier molecular flexibility index (Phi) is 4.74. The number of cyclic esters (lactones) is 1. The van der Waals surface area contributed by atoms with Gasteiger partial charge in [-0.15, -0.1) is 0 Å². The number of furan rings is 1. The number of carbonyl (C=O) groups excluding carboxylic acids is 1. The molecule has 1 aromatic heterocycles. The van der Waals surface area contributed by atoms with Crippen molar-refractivity contribution >= 4 is 35.2 Å². The molecule has 2 heterocycles. The summed E-state index contributed by atoms with van der Waals surface area (Å²) in [5, 5.41) is 11.7. The van der Waals surface area contributed by atoms with Crippen LogP contribution in [0.2, 0.25) is 5.02 Å². The Hall–Kier alpha value is -3.71. The van der Waals surface area contributed by atoms with E-state index >= 15 is 0 Å². The normalized spacial score (nSPS) is 14.8. The molecule has 0 saturated heterocycles. The van der Waals surface area contributed by atoms with Gasteiger partial charge in [0, 0.05) is 33.9 Å². The first-order valence-electron chi connectivity index (χ1n) is 8.54. The van der Waals surface area contributed by atoms with Gasteiger partial charge in [0.05, 0.1) is 4.92 Å². The summed E-state index contributed by atoms with van der Waals surface area (Å²) in [5.41, 5.74) is 1.66. The Morgan fingerprint density at radius 1 is 1.07 bits per heavy atom. The minimum atomic E-state index is -0.660. The van der Waals surface area contributed by atoms with E-state index < -0.39 is 10.9 Å². The summed E-state index contributed by atoms with van der Waals surface area (Å²) in [6.45, 7) is 1.63. The lowest BCUT2D eigenvalue weighted by Crippen LogP contribution is -2.06. The van der Waals surface area contributed by atoms with Crippen molar-refractivity contribution in [3.63, 3.8) is 0 Å². The van der Waals surface area contributed by atoms with Crippen LogP contribution >= 0.6 is 11.6 Å². The number of ether oxygens (including phenoxy) is 1. The minimum Gasteiger partial charge on any atom is -0.457 e. The number of esters is 1. The summed E-state index contributed by atoms with van der Waals surface area (Å²) in [6, 6.07) is 15.1. The maximum Gasteiger partial charge on any atom is 0.363 e. The number of aryl methyl sites for hydroxylation is 1. The number of nitro groups is 1. The standard InChI is InChI=1S/C21H13ClN2O5/c1-12-2-3-14(10-18(12)24(26)27)20-23-17(21(25)29-20)11-16-8-9-19(28-16)13-4-6-15(22)7-5-13/h2-11H,1H3/b17-11-. The largest absolute Gasteiger partial charge is 0.457 e. The quantitative estimate of drug-likeness (QED) is 0.257. The molecule has 0 amide bonds. The molecule has 0 aliphatic carbocycles. The van der Waals surface area contributed by atoms with Gasteiger partial charge < -0.3 is 9.15 Å². The molecule has 144 valence electrons. The maximum atomic E-state index is 12.2. The van der Waals surface area contributed by atoms with Crippen molar-refractivity contribution in [1.82, 2.24) is 0 Å². The Labute approximate surface area is 170 Å². The van der Waals surface area contributed by atoms with Gasteiger partial charge in [-0.1, -0.05) is 17.7 Å². The van der Waals surface area contributed by atoms with Gasteiger partial charge in [-0.25, -0.2) is 9.79 Å². The van der Waals surface area contributed by atoms with E-state index in [1.165, 1.54) is 12.1 Å². The summed E-state index contributed by atoms with van der Waals surface area (Å²) < 4.78 is 10.9. The average molecular weight is 409 g/mol. The molecule has 2 aromatic carbocycles. The fourth-order valence-corrected chi connectivity index (χ4v) is 2.93. The van der Waals surface area contributed by atoms with Gasteiger partial charge in [-0.2, -0.15) is 0 Å². The SMILES string of the molecule is Cc1ccc(C2=N/C(=C\c3ccc(-c4ccc(Cl)cc4)o3)C(=O)O2)cc1[N+](=O)[O-]. The second-order valence-corrected chi connectivity index (χ2v) is 6.74. The molecule has 4 rings (SSSR count). The van der Waals surface area contributed by atoms with Gasteiger partial charge in [0.25, 0.3) is 5.69 Å². The fraction of sp³-hybridized carbons (Fsp3) is 0.0476. The number of hydrogen-bond acceptors (Lipinski definition) is 6. The third-order valence-corrected chi connectivity index (χ3v) is 4.56. The molecule has 0 N–H and O–H groups in total. The molecule has 0 saturated carbocycles. The summed E-state index contributed by atoms with van der Waals surface area (Å²) in [4.78, 5) is 27.0. The number of nitrogens with zero attached hydrogens (tertiary/aromatic N) is 2. The highest BCUT2D eigenvalue weighted by atomic mass is 35.5. The first kappa shape index (κ1) is 18.6. The van der Waals surface area contributed by atoms with Crippen molar-refractivity contribution in [2.24, 2.45) is 4.99 Å². The van der Waals surface area contributed by atoms with Crippen LogP contribution < -0.4 is 0 Å². The number of aliphatic imine (C=N–C) groups is 1. The first-order valence-corrected chi connectivity index (χ1v) is 8.92. The van der Waals surface area contributed by atoms with Crippen LogP contribution in [-0.4, -0.2) is 16.8 Å². The lowest BCUT2D eigenvalue weighted by molar-refractivity contribution is -0.385. The zero-order chi connectivity index (χ0) is 20.5. The summed E-state index contributed by atoms with van der Waals surface area (Å²) in [5.74, 6) is 0.376. The third kappa shape index (κ3) is 3.81. The molecule has 7 nitrogen and oxygen atoms in total. The topological polar surface area (TPSA) is 94.9 Å². The monoisotopic (exact) mass is 408 g/mol. The predicted octanol–water partition coefficient (Wildman–Crippen LogP) is 5.16. The zero-order valence-electron chi connectivity index (χ0n) is 15.1. The molecule has 0 fully saturated rings. The molecular weight excluding hydrogens is 396 g/mol. The third-order valence-electron chi connectivity index (χ3n) is 4.31. The highest BCUT2D eigenvalue weighted by molar-refractivity contribution is 6.30. The average Bonchev–Trinajstić information content (AvgIpc) is 3.30. The molecule has 3 aromatic rings. The molecule has 0 spiro atoms. The molecule has 1 aliphatic rings. The lowest BCUT2D eigenvalue weighted by Gasteiger charge is -2.01. The fourth-order valence-electron chi connectivity index (χ4n) is 2.81. The van der Waals surface area contributed by atoms with Crippen LogP contribution in [0.1, 0.15) is 16.9 Å². The van der Waals surface area contributed by atoms with E-state index in [4.69, 9.17) is 20.8 Å². The Morgan fingerprint density at radius 3 is 2.52 bits per heavy atom. The number of hydrogen-bond donors (Lipinski definition) is 0. The van der Waals surface area contributed by atoms with Gasteiger partial charge in [0.1, 0.15) is 11.5 Å². The Morgan fingerprint density at radius 2 is 1.79 bits per heavy atom. The van der Waals surface area contributed by atoms with Crippen molar-refractivity contribution in [3.8, 4) is 11.3 Å². The van der Waals surface area contributed by atoms with Crippen LogP contribution in [0.25, 0.3) is 17.4 Å². The number of carbonyl (C=O) groups is 1. The number of nitro benzene ring substituents is 1. The van der Waals surface area contributed by atoms with Crippen LogP contribution in [-0.2, 0) is 9.53 Å². The second-order valence-electron chi connectivity index (χ2n) is 6.30. The number of benzene rings is 2.